The van der Waals surface area contributed by atoms with E-state index in [1.54, 1.807) is 0 Å². The Kier molecular flexibility index (Phi) is 4.09. The Morgan fingerprint density at radius 1 is 1.26 bits per heavy atom. The zero-order valence-corrected chi connectivity index (χ0v) is 10.1. The van der Waals surface area contributed by atoms with E-state index in [9.17, 15) is 23.1 Å². The fourth-order valence-corrected chi connectivity index (χ4v) is 2.30. The van der Waals surface area contributed by atoms with Crippen molar-refractivity contribution in [2.75, 3.05) is 6.54 Å². The summed E-state index contributed by atoms with van der Waals surface area (Å²) >= 11 is 0. The van der Waals surface area contributed by atoms with Gasteiger partial charge >= 0.3 is 0 Å². The minimum atomic E-state index is -1.50. The highest BCUT2D eigenvalue weighted by Gasteiger charge is 2.27. The van der Waals surface area contributed by atoms with Crippen LogP contribution in [-0.4, -0.2) is 23.7 Å². The SMILES string of the molecule is O=C(NC[C@H]1CCC[C@@H]1O)c1c(F)ccc(F)c1F. The lowest BCUT2D eigenvalue weighted by Gasteiger charge is -2.15. The quantitative estimate of drug-likeness (QED) is 0.827. The van der Waals surface area contributed by atoms with Gasteiger partial charge in [0.2, 0.25) is 0 Å². The molecule has 2 rings (SSSR count). The Balaban J connectivity index is 2.06. The fourth-order valence-electron chi connectivity index (χ4n) is 2.30. The molecule has 1 aromatic carbocycles. The van der Waals surface area contributed by atoms with Crippen LogP contribution in [0.1, 0.15) is 29.6 Å². The van der Waals surface area contributed by atoms with Crippen LogP contribution < -0.4 is 5.32 Å². The molecule has 1 fully saturated rings. The van der Waals surface area contributed by atoms with E-state index in [1.165, 1.54) is 0 Å². The molecule has 2 atom stereocenters. The number of halogens is 3. The van der Waals surface area contributed by atoms with Gasteiger partial charge in [-0.15, -0.1) is 0 Å². The van der Waals surface area contributed by atoms with Crippen LogP contribution in [0.5, 0.6) is 0 Å². The first kappa shape index (κ1) is 13.9. The maximum Gasteiger partial charge on any atom is 0.257 e. The first-order valence-electron chi connectivity index (χ1n) is 6.10. The van der Waals surface area contributed by atoms with Gasteiger partial charge in [-0.05, 0) is 25.0 Å². The molecule has 0 aromatic heterocycles. The molecule has 1 amide bonds. The van der Waals surface area contributed by atoms with E-state index < -0.39 is 35.0 Å². The Bertz CT molecular complexity index is 493. The highest BCUT2D eigenvalue weighted by molar-refractivity contribution is 5.94. The van der Waals surface area contributed by atoms with E-state index in [0.29, 0.717) is 18.6 Å². The van der Waals surface area contributed by atoms with E-state index in [1.807, 2.05) is 0 Å². The van der Waals surface area contributed by atoms with Crippen molar-refractivity contribution in [2.24, 2.45) is 5.92 Å². The molecular formula is C13H14F3NO2. The van der Waals surface area contributed by atoms with E-state index in [2.05, 4.69) is 5.32 Å². The molecule has 0 spiro atoms. The van der Waals surface area contributed by atoms with Gasteiger partial charge in [0.25, 0.3) is 5.91 Å². The summed E-state index contributed by atoms with van der Waals surface area (Å²) in [6, 6.07) is 1.33. The maximum absolute atomic E-state index is 13.4. The molecule has 0 aliphatic heterocycles. The van der Waals surface area contributed by atoms with Gasteiger partial charge in [0, 0.05) is 12.5 Å². The average Bonchev–Trinajstić information content (AvgIpc) is 2.77. The van der Waals surface area contributed by atoms with Gasteiger partial charge < -0.3 is 10.4 Å². The minimum absolute atomic E-state index is 0.120. The number of nitrogens with one attached hydrogen (secondary N) is 1. The fraction of sp³-hybridized carbons (Fsp3) is 0.462. The summed E-state index contributed by atoms with van der Waals surface area (Å²) in [6.07, 6.45) is 1.74. The smallest absolute Gasteiger partial charge is 0.257 e. The summed E-state index contributed by atoms with van der Waals surface area (Å²) in [5, 5.41) is 11.9. The number of benzene rings is 1. The van der Waals surface area contributed by atoms with Crippen molar-refractivity contribution < 1.29 is 23.1 Å². The molecule has 1 aromatic rings. The van der Waals surface area contributed by atoms with Gasteiger partial charge in [0.15, 0.2) is 11.6 Å². The second-order valence-electron chi connectivity index (χ2n) is 4.69. The van der Waals surface area contributed by atoms with Crippen molar-refractivity contribution in [3.05, 3.63) is 35.1 Å². The Morgan fingerprint density at radius 2 is 1.95 bits per heavy atom. The topological polar surface area (TPSA) is 49.3 Å². The highest BCUT2D eigenvalue weighted by Crippen LogP contribution is 2.25. The number of rotatable bonds is 3. The van der Waals surface area contributed by atoms with Crippen molar-refractivity contribution in [1.82, 2.24) is 5.32 Å². The molecule has 0 unspecified atom stereocenters. The summed E-state index contributed by atoms with van der Waals surface area (Å²) in [5.41, 5.74) is -0.924. The maximum atomic E-state index is 13.4. The van der Waals surface area contributed by atoms with Crippen LogP contribution in [0.25, 0.3) is 0 Å². The summed E-state index contributed by atoms with van der Waals surface area (Å²) < 4.78 is 39.7. The zero-order chi connectivity index (χ0) is 14.0. The van der Waals surface area contributed by atoms with E-state index >= 15 is 0 Å². The molecule has 0 heterocycles. The monoisotopic (exact) mass is 273 g/mol. The number of hydrogen-bond donors (Lipinski definition) is 2. The first-order chi connectivity index (χ1) is 9.00. The second-order valence-corrected chi connectivity index (χ2v) is 4.69. The molecule has 1 saturated carbocycles. The molecule has 19 heavy (non-hydrogen) atoms. The number of hydrogen-bond acceptors (Lipinski definition) is 2. The number of amides is 1. The molecule has 2 N–H and O–H groups in total. The van der Waals surface area contributed by atoms with Crippen molar-refractivity contribution in [3.63, 3.8) is 0 Å². The normalized spacial score (nSPS) is 22.5. The molecule has 0 saturated heterocycles. The van der Waals surface area contributed by atoms with Gasteiger partial charge in [0.05, 0.1) is 6.10 Å². The molecule has 0 radical (unpaired) electrons. The molecule has 1 aliphatic carbocycles. The van der Waals surface area contributed by atoms with E-state index in [4.69, 9.17) is 0 Å². The van der Waals surface area contributed by atoms with Crippen molar-refractivity contribution in [1.29, 1.82) is 0 Å². The molecule has 0 bridgehead atoms. The summed E-state index contributed by atoms with van der Waals surface area (Å²) in [4.78, 5) is 11.7. The van der Waals surface area contributed by atoms with Crippen LogP contribution in [0.3, 0.4) is 0 Å². The number of aliphatic hydroxyl groups excluding tert-OH is 1. The third kappa shape index (κ3) is 2.89. The number of carbonyl (C=O) groups excluding carboxylic acids is 1. The van der Waals surface area contributed by atoms with Crippen LogP contribution in [0.15, 0.2) is 12.1 Å². The van der Waals surface area contributed by atoms with Crippen LogP contribution in [-0.2, 0) is 0 Å². The minimum Gasteiger partial charge on any atom is -0.393 e. The van der Waals surface area contributed by atoms with Crippen molar-refractivity contribution in [2.45, 2.75) is 25.4 Å². The van der Waals surface area contributed by atoms with Gasteiger partial charge in [-0.25, -0.2) is 13.2 Å². The van der Waals surface area contributed by atoms with Crippen molar-refractivity contribution in [3.8, 4) is 0 Å². The third-order valence-electron chi connectivity index (χ3n) is 3.41. The zero-order valence-electron chi connectivity index (χ0n) is 10.1. The molecule has 1 aliphatic rings. The Labute approximate surface area is 108 Å². The van der Waals surface area contributed by atoms with Crippen molar-refractivity contribution >= 4 is 5.91 Å². The summed E-state index contributed by atoms with van der Waals surface area (Å²) in [7, 11) is 0. The van der Waals surface area contributed by atoms with Gasteiger partial charge in [-0.1, -0.05) is 6.42 Å². The molecule has 104 valence electrons. The van der Waals surface area contributed by atoms with Crippen LogP contribution in [0, 0.1) is 23.4 Å². The lowest BCUT2D eigenvalue weighted by Crippen LogP contribution is -2.33. The summed E-state index contributed by atoms with van der Waals surface area (Å²) in [5.74, 6) is -5.00. The Morgan fingerprint density at radius 3 is 2.58 bits per heavy atom. The molecule has 6 heteroatoms. The van der Waals surface area contributed by atoms with Gasteiger partial charge in [-0.2, -0.15) is 0 Å². The predicted molar refractivity (Wildman–Crippen MR) is 62.0 cm³/mol. The largest absolute Gasteiger partial charge is 0.393 e. The molecular weight excluding hydrogens is 259 g/mol. The van der Waals surface area contributed by atoms with Gasteiger partial charge in [-0.3, -0.25) is 4.79 Å². The lowest BCUT2D eigenvalue weighted by molar-refractivity contribution is 0.0907. The Hall–Kier alpha value is -1.56. The van der Waals surface area contributed by atoms with Crippen LogP contribution >= 0.6 is 0 Å². The molecule has 3 nitrogen and oxygen atoms in total. The summed E-state index contributed by atoms with van der Waals surface area (Å²) in [6.45, 7) is 0.120. The number of aliphatic hydroxyl groups is 1. The second kappa shape index (κ2) is 5.61. The predicted octanol–water partition coefficient (Wildman–Crippen LogP) is 1.99. The third-order valence-corrected chi connectivity index (χ3v) is 3.41. The average molecular weight is 273 g/mol. The van der Waals surface area contributed by atoms with E-state index in [0.717, 1.165) is 12.8 Å². The highest BCUT2D eigenvalue weighted by atomic mass is 19.2. The van der Waals surface area contributed by atoms with Crippen LogP contribution in [0.2, 0.25) is 0 Å². The van der Waals surface area contributed by atoms with Crippen LogP contribution in [0.4, 0.5) is 13.2 Å². The first-order valence-corrected chi connectivity index (χ1v) is 6.10. The standard InChI is InChI=1S/C13H14F3NO2/c14-8-4-5-9(15)12(16)11(8)13(19)17-6-7-2-1-3-10(7)18/h4-5,7,10,18H,1-3,6H2,(H,17,19)/t7-,10+/m1/s1. The van der Waals surface area contributed by atoms with Gasteiger partial charge in [0.1, 0.15) is 11.4 Å². The lowest BCUT2D eigenvalue weighted by atomic mass is 10.1. The van der Waals surface area contributed by atoms with E-state index in [-0.39, 0.29) is 12.5 Å². The number of carbonyl (C=O) groups is 1.